The number of aliphatic hydroxyl groups is 1. The third-order valence-electron chi connectivity index (χ3n) is 2.81. The van der Waals surface area contributed by atoms with E-state index in [1.54, 1.807) is 16.4 Å². The Hall–Kier alpha value is -1.33. The summed E-state index contributed by atoms with van der Waals surface area (Å²) in [7, 11) is 3.56. The van der Waals surface area contributed by atoms with Gasteiger partial charge in [0, 0.05) is 14.1 Å². The molecule has 0 bridgehead atoms. The van der Waals surface area contributed by atoms with Gasteiger partial charge in [-0.05, 0) is 12.5 Å². The Bertz CT molecular complexity index is 512. The minimum atomic E-state index is -0.812. The Kier molecular flexibility index (Phi) is 3.22. The number of aliphatic hydroxyl groups excluding tert-OH is 1. The van der Waals surface area contributed by atoms with Crippen LogP contribution in [0.4, 0.5) is 0 Å². The van der Waals surface area contributed by atoms with E-state index >= 15 is 0 Å². The third-order valence-corrected chi connectivity index (χ3v) is 3.10. The molecule has 0 aromatic carbocycles. The van der Waals surface area contributed by atoms with Crippen LogP contribution in [0, 0.1) is 0 Å². The first-order valence-electron chi connectivity index (χ1n) is 5.42. The van der Waals surface area contributed by atoms with Crippen LogP contribution in [0.25, 0.3) is 0 Å². The Balaban J connectivity index is 2.43. The predicted octanol–water partition coefficient (Wildman–Crippen LogP) is 1.45. The van der Waals surface area contributed by atoms with Gasteiger partial charge in [-0.2, -0.15) is 10.2 Å². The summed E-state index contributed by atoms with van der Waals surface area (Å²) >= 11 is 6.01. The Labute approximate surface area is 105 Å². The normalized spacial score (nSPS) is 13.0. The SMILES string of the molecule is CCc1cc(C(O)c2c(Cl)cnn2C)n(C)n1. The number of hydrogen-bond donors (Lipinski definition) is 1. The van der Waals surface area contributed by atoms with Gasteiger partial charge in [-0.1, -0.05) is 18.5 Å². The first-order valence-corrected chi connectivity index (χ1v) is 5.80. The second-order valence-corrected chi connectivity index (χ2v) is 4.35. The summed E-state index contributed by atoms with van der Waals surface area (Å²) in [5, 5.41) is 19.1. The molecule has 2 heterocycles. The summed E-state index contributed by atoms with van der Waals surface area (Å²) in [4.78, 5) is 0. The van der Waals surface area contributed by atoms with E-state index in [9.17, 15) is 5.11 Å². The van der Waals surface area contributed by atoms with Crippen molar-refractivity contribution in [3.8, 4) is 0 Å². The van der Waals surface area contributed by atoms with E-state index in [-0.39, 0.29) is 0 Å². The average molecular weight is 255 g/mol. The molecular formula is C11H15ClN4O. The Morgan fingerprint density at radius 3 is 2.59 bits per heavy atom. The van der Waals surface area contributed by atoms with Gasteiger partial charge < -0.3 is 5.11 Å². The molecule has 92 valence electrons. The van der Waals surface area contributed by atoms with E-state index in [2.05, 4.69) is 10.2 Å². The molecule has 0 fully saturated rings. The van der Waals surface area contributed by atoms with Gasteiger partial charge in [-0.15, -0.1) is 0 Å². The monoisotopic (exact) mass is 254 g/mol. The highest BCUT2D eigenvalue weighted by Crippen LogP contribution is 2.27. The second kappa shape index (κ2) is 4.50. The van der Waals surface area contributed by atoms with Crippen molar-refractivity contribution < 1.29 is 5.11 Å². The third kappa shape index (κ3) is 2.08. The number of aromatic nitrogens is 4. The molecule has 0 saturated heterocycles. The molecule has 0 aliphatic rings. The Morgan fingerprint density at radius 2 is 2.12 bits per heavy atom. The van der Waals surface area contributed by atoms with E-state index in [4.69, 9.17) is 11.6 Å². The van der Waals surface area contributed by atoms with Gasteiger partial charge in [0.05, 0.1) is 28.3 Å². The number of rotatable bonds is 3. The van der Waals surface area contributed by atoms with Crippen LogP contribution in [0.1, 0.15) is 30.1 Å². The largest absolute Gasteiger partial charge is 0.380 e. The van der Waals surface area contributed by atoms with Crippen molar-refractivity contribution in [2.24, 2.45) is 14.1 Å². The van der Waals surface area contributed by atoms with Crippen LogP contribution in [-0.4, -0.2) is 24.7 Å². The summed E-state index contributed by atoms with van der Waals surface area (Å²) in [6, 6.07) is 1.88. The average Bonchev–Trinajstić information content (AvgIpc) is 2.82. The fourth-order valence-corrected chi connectivity index (χ4v) is 2.11. The molecule has 1 unspecified atom stereocenters. The van der Waals surface area contributed by atoms with Crippen LogP contribution >= 0.6 is 11.6 Å². The molecule has 1 atom stereocenters. The summed E-state index contributed by atoms with van der Waals surface area (Å²) in [5.41, 5.74) is 2.24. The molecule has 0 aliphatic heterocycles. The summed E-state index contributed by atoms with van der Waals surface area (Å²) in [6.07, 6.45) is 1.55. The number of hydrogen-bond acceptors (Lipinski definition) is 3. The molecule has 2 rings (SSSR count). The van der Waals surface area contributed by atoms with Gasteiger partial charge in [-0.25, -0.2) is 0 Å². The molecule has 17 heavy (non-hydrogen) atoms. The van der Waals surface area contributed by atoms with Crippen molar-refractivity contribution in [3.05, 3.63) is 34.4 Å². The van der Waals surface area contributed by atoms with Crippen LogP contribution in [0.15, 0.2) is 12.3 Å². The molecule has 0 aliphatic carbocycles. The van der Waals surface area contributed by atoms with Crippen molar-refractivity contribution >= 4 is 11.6 Å². The minimum absolute atomic E-state index is 0.458. The van der Waals surface area contributed by atoms with Crippen LogP contribution in [0.5, 0.6) is 0 Å². The maximum atomic E-state index is 10.3. The molecule has 0 amide bonds. The minimum Gasteiger partial charge on any atom is -0.380 e. The van der Waals surface area contributed by atoms with Crippen molar-refractivity contribution in [2.75, 3.05) is 0 Å². The van der Waals surface area contributed by atoms with Crippen LogP contribution in [-0.2, 0) is 20.5 Å². The van der Waals surface area contributed by atoms with E-state index < -0.39 is 6.10 Å². The number of halogens is 1. The van der Waals surface area contributed by atoms with Crippen LogP contribution in [0.2, 0.25) is 5.02 Å². The molecule has 1 N–H and O–H groups in total. The number of aryl methyl sites for hydroxylation is 3. The van der Waals surface area contributed by atoms with Gasteiger partial charge in [-0.3, -0.25) is 9.36 Å². The van der Waals surface area contributed by atoms with Gasteiger partial charge in [0.2, 0.25) is 0 Å². The second-order valence-electron chi connectivity index (χ2n) is 3.94. The van der Waals surface area contributed by atoms with Gasteiger partial charge in [0.25, 0.3) is 0 Å². The highest BCUT2D eigenvalue weighted by molar-refractivity contribution is 6.31. The molecule has 0 radical (unpaired) electrons. The Morgan fingerprint density at radius 1 is 1.41 bits per heavy atom. The smallest absolute Gasteiger partial charge is 0.139 e. The highest BCUT2D eigenvalue weighted by Gasteiger charge is 2.21. The molecule has 5 nitrogen and oxygen atoms in total. The lowest BCUT2D eigenvalue weighted by atomic mass is 10.1. The standard InChI is InChI=1S/C11H15ClN4O/c1-4-7-5-9(15(2)14-7)11(17)10-8(12)6-13-16(10)3/h5-6,11,17H,4H2,1-3H3. The van der Waals surface area contributed by atoms with Gasteiger partial charge in [0.1, 0.15) is 6.10 Å². The van der Waals surface area contributed by atoms with Crippen LogP contribution in [0.3, 0.4) is 0 Å². The van der Waals surface area contributed by atoms with E-state index in [0.29, 0.717) is 16.4 Å². The lowest BCUT2D eigenvalue weighted by molar-refractivity contribution is 0.199. The zero-order valence-electron chi connectivity index (χ0n) is 10.1. The predicted molar refractivity (Wildman–Crippen MR) is 64.9 cm³/mol. The first-order chi connectivity index (χ1) is 8.04. The van der Waals surface area contributed by atoms with E-state index in [0.717, 1.165) is 12.1 Å². The van der Waals surface area contributed by atoms with Gasteiger partial charge >= 0.3 is 0 Å². The summed E-state index contributed by atoms with van der Waals surface area (Å²) in [5.74, 6) is 0. The fourth-order valence-electron chi connectivity index (χ4n) is 1.84. The lowest BCUT2D eigenvalue weighted by Crippen LogP contribution is -2.11. The molecule has 6 heteroatoms. The molecule has 0 saturated carbocycles. The van der Waals surface area contributed by atoms with Crippen LogP contribution < -0.4 is 0 Å². The van der Waals surface area contributed by atoms with Crippen molar-refractivity contribution in [1.29, 1.82) is 0 Å². The zero-order chi connectivity index (χ0) is 12.6. The first kappa shape index (κ1) is 12.1. The summed E-state index contributed by atoms with van der Waals surface area (Å²) in [6.45, 7) is 2.02. The van der Waals surface area contributed by atoms with Gasteiger partial charge in [0.15, 0.2) is 0 Å². The van der Waals surface area contributed by atoms with E-state index in [1.807, 2.05) is 20.0 Å². The highest BCUT2D eigenvalue weighted by atomic mass is 35.5. The maximum absolute atomic E-state index is 10.3. The topological polar surface area (TPSA) is 55.9 Å². The summed E-state index contributed by atoms with van der Waals surface area (Å²) < 4.78 is 3.25. The quantitative estimate of drug-likeness (QED) is 0.902. The van der Waals surface area contributed by atoms with Crippen molar-refractivity contribution in [1.82, 2.24) is 19.6 Å². The van der Waals surface area contributed by atoms with Crippen molar-refractivity contribution in [2.45, 2.75) is 19.4 Å². The molecular weight excluding hydrogens is 240 g/mol. The molecule has 2 aromatic rings. The zero-order valence-corrected chi connectivity index (χ0v) is 10.8. The van der Waals surface area contributed by atoms with E-state index in [1.165, 1.54) is 6.20 Å². The van der Waals surface area contributed by atoms with Crippen molar-refractivity contribution in [3.63, 3.8) is 0 Å². The lowest BCUT2D eigenvalue weighted by Gasteiger charge is -2.11. The molecule has 0 spiro atoms. The maximum Gasteiger partial charge on any atom is 0.139 e. The fraction of sp³-hybridized carbons (Fsp3) is 0.455. The molecule has 2 aromatic heterocycles. The number of nitrogens with zero attached hydrogens (tertiary/aromatic N) is 4.